The fourth-order valence-electron chi connectivity index (χ4n) is 2.36. The molecule has 7 nitrogen and oxygen atoms in total. The zero-order valence-electron chi connectivity index (χ0n) is 12.1. The van der Waals surface area contributed by atoms with E-state index in [9.17, 15) is 4.79 Å². The third-order valence-electron chi connectivity index (χ3n) is 3.52. The van der Waals surface area contributed by atoms with Crippen LogP contribution in [0.4, 0.5) is 0 Å². The maximum atomic E-state index is 12.0. The van der Waals surface area contributed by atoms with E-state index in [0.29, 0.717) is 24.7 Å². The number of aryl methyl sites for hydroxylation is 3. The first-order valence-electron chi connectivity index (χ1n) is 7.20. The molecular formula is C14H19N5O2. The Morgan fingerprint density at radius 1 is 1.52 bits per heavy atom. The Morgan fingerprint density at radius 3 is 3.19 bits per heavy atom. The third kappa shape index (κ3) is 3.07. The van der Waals surface area contributed by atoms with Crippen LogP contribution in [-0.4, -0.2) is 38.4 Å². The number of aromatic nitrogens is 4. The predicted molar refractivity (Wildman–Crippen MR) is 76.3 cm³/mol. The van der Waals surface area contributed by atoms with Crippen LogP contribution in [-0.2, 0) is 13.1 Å². The zero-order chi connectivity index (χ0) is 14.7. The second-order valence-electron chi connectivity index (χ2n) is 5.07. The molecule has 1 aliphatic rings. The smallest absolute Gasteiger partial charge is 0.271 e. The van der Waals surface area contributed by atoms with Gasteiger partial charge in [0.25, 0.3) is 5.91 Å². The van der Waals surface area contributed by atoms with E-state index in [1.165, 1.54) is 0 Å². The summed E-state index contributed by atoms with van der Waals surface area (Å²) in [6, 6.07) is 1.70. The minimum Gasteiger partial charge on any atom is -0.478 e. The molecule has 0 unspecified atom stereocenters. The number of carbonyl (C=O) groups excluding carboxylic acids is 1. The van der Waals surface area contributed by atoms with Crippen molar-refractivity contribution in [1.82, 2.24) is 24.6 Å². The van der Waals surface area contributed by atoms with Crippen molar-refractivity contribution in [3.05, 3.63) is 30.0 Å². The molecule has 0 saturated carbocycles. The van der Waals surface area contributed by atoms with Gasteiger partial charge in [0.2, 0.25) is 5.88 Å². The first-order chi connectivity index (χ1) is 10.2. The minimum absolute atomic E-state index is 0.150. The van der Waals surface area contributed by atoms with E-state index in [1.54, 1.807) is 16.9 Å². The number of hydrogen-bond acceptors (Lipinski definition) is 4. The van der Waals surface area contributed by atoms with E-state index < -0.39 is 0 Å². The number of fused-ring (bicyclic) bond motifs is 1. The van der Waals surface area contributed by atoms with E-state index in [4.69, 9.17) is 4.74 Å². The van der Waals surface area contributed by atoms with Crippen molar-refractivity contribution >= 4 is 5.91 Å². The number of imidazole rings is 1. The molecule has 0 spiro atoms. The molecule has 0 radical (unpaired) electrons. The SMILES string of the molecule is Cc1nccn1CCCNC(=O)c1cc2n(n1)CCCO2. The topological polar surface area (TPSA) is 74.0 Å². The van der Waals surface area contributed by atoms with Gasteiger partial charge in [0.05, 0.1) is 6.61 Å². The lowest BCUT2D eigenvalue weighted by Crippen LogP contribution is -2.26. The van der Waals surface area contributed by atoms with Crippen molar-refractivity contribution in [2.75, 3.05) is 13.2 Å². The van der Waals surface area contributed by atoms with Gasteiger partial charge in [-0.05, 0) is 13.3 Å². The van der Waals surface area contributed by atoms with Crippen LogP contribution in [0.1, 0.15) is 29.2 Å². The molecule has 0 aliphatic carbocycles. The van der Waals surface area contributed by atoms with Crippen LogP contribution in [0, 0.1) is 6.92 Å². The summed E-state index contributed by atoms with van der Waals surface area (Å²) in [5.41, 5.74) is 0.422. The van der Waals surface area contributed by atoms with Gasteiger partial charge >= 0.3 is 0 Å². The van der Waals surface area contributed by atoms with Gasteiger partial charge in [0.15, 0.2) is 5.69 Å². The Balaban J connectivity index is 1.48. The highest BCUT2D eigenvalue weighted by Crippen LogP contribution is 2.18. The van der Waals surface area contributed by atoms with Crippen molar-refractivity contribution in [3.8, 4) is 5.88 Å². The molecule has 0 atom stereocenters. The number of hydrogen-bond donors (Lipinski definition) is 1. The highest BCUT2D eigenvalue weighted by molar-refractivity contribution is 5.92. The molecule has 1 aliphatic heterocycles. The lowest BCUT2D eigenvalue weighted by atomic mass is 10.3. The monoisotopic (exact) mass is 289 g/mol. The summed E-state index contributed by atoms with van der Waals surface area (Å²) in [6.07, 6.45) is 5.51. The van der Waals surface area contributed by atoms with Crippen LogP contribution in [0.2, 0.25) is 0 Å². The number of rotatable bonds is 5. The Bertz CT molecular complexity index is 608. The average molecular weight is 289 g/mol. The molecular weight excluding hydrogens is 270 g/mol. The third-order valence-corrected chi connectivity index (χ3v) is 3.52. The van der Waals surface area contributed by atoms with Gasteiger partial charge in [0, 0.05) is 44.5 Å². The summed E-state index contributed by atoms with van der Waals surface area (Å²) in [7, 11) is 0. The Labute approximate surface area is 122 Å². The van der Waals surface area contributed by atoms with E-state index in [2.05, 4.69) is 20.0 Å². The molecule has 0 aromatic carbocycles. The molecule has 0 bridgehead atoms. The summed E-state index contributed by atoms with van der Waals surface area (Å²) >= 11 is 0. The van der Waals surface area contributed by atoms with Gasteiger partial charge in [-0.2, -0.15) is 5.10 Å². The lowest BCUT2D eigenvalue weighted by Gasteiger charge is -2.13. The number of nitrogens with one attached hydrogen (secondary N) is 1. The molecule has 3 heterocycles. The average Bonchev–Trinajstić information content (AvgIpc) is 3.09. The van der Waals surface area contributed by atoms with E-state index in [-0.39, 0.29) is 5.91 Å². The Hall–Kier alpha value is -2.31. The van der Waals surface area contributed by atoms with Gasteiger partial charge in [-0.25, -0.2) is 9.67 Å². The number of carbonyl (C=O) groups is 1. The molecule has 3 rings (SSSR count). The highest BCUT2D eigenvalue weighted by Gasteiger charge is 2.17. The molecule has 21 heavy (non-hydrogen) atoms. The summed E-state index contributed by atoms with van der Waals surface area (Å²) < 4.78 is 9.26. The molecule has 1 amide bonds. The van der Waals surface area contributed by atoms with Crippen molar-refractivity contribution in [2.24, 2.45) is 0 Å². The van der Waals surface area contributed by atoms with Gasteiger partial charge in [-0.15, -0.1) is 0 Å². The van der Waals surface area contributed by atoms with E-state index >= 15 is 0 Å². The summed E-state index contributed by atoms with van der Waals surface area (Å²) in [5.74, 6) is 1.52. The fourth-order valence-corrected chi connectivity index (χ4v) is 2.36. The summed E-state index contributed by atoms with van der Waals surface area (Å²) in [4.78, 5) is 16.2. The second kappa shape index (κ2) is 5.99. The predicted octanol–water partition coefficient (Wildman–Crippen LogP) is 0.991. The van der Waals surface area contributed by atoms with Gasteiger partial charge in [-0.1, -0.05) is 0 Å². The Kier molecular flexibility index (Phi) is 3.89. The lowest BCUT2D eigenvalue weighted by molar-refractivity contribution is 0.0947. The molecule has 0 fully saturated rings. The van der Waals surface area contributed by atoms with Crippen LogP contribution in [0.5, 0.6) is 5.88 Å². The largest absolute Gasteiger partial charge is 0.478 e. The van der Waals surface area contributed by atoms with Crippen molar-refractivity contribution in [1.29, 1.82) is 0 Å². The van der Waals surface area contributed by atoms with Crippen LogP contribution < -0.4 is 10.1 Å². The van der Waals surface area contributed by atoms with Crippen molar-refractivity contribution < 1.29 is 9.53 Å². The molecule has 7 heteroatoms. The number of ether oxygens (including phenoxy) is 1. The molecule has 112 valence electrons. The zero-order valence-corrected chi connectivity index (χ0v) is 12.1. The quantitative estimate of drug-likeness (QED) is 0.833. The van der Waals surface area contributed by atoms with Gasteiger partial charge in [0.1, 0.15) is 5.82 Å². The highest BCUT2D eigenvalue weighted by atomic mass is 16.5. The fraction of sp³-hybridized carbons (Fsp3) is 0.500. The first kappa shape index (κ1) is 13.7. The second-order valence-corrected chi connectivity index (χ2v) is 5.07. The summed E-state index contributed by atoms with van der Waals surface area (Å²) in [6.45, 7) is 4.92. The standard InChI is InChI=1S/C14H19N5O2/c1-11-15-5-8-18(11)6-2-4-16-14(20)12-10-13-19(17-12)7-3-9-21-13/h5,8,10H,2-4,6-7,9H2,1H3,(H,16,20). The van der Waals surface area contributed by atoms with Crippen molar-refractivity contribution in [2.45, 2.75) is 32.9 Å². The number of nitrogens with zero attached hydrogens (tertiary/aromatic N) is 4. The van der Waals surface area contributed by atoms with Crippen LogP contribution in [0.25, 0.3) is 0 Å². The minimum atomic E-state index is -0.150. The van der Waals surface area contributed by atoms with Crippen molar-refractivity contribution in [3.63, 3.8) is 0 Å². The normalized spacial score (nSPS) is 13.6. The van der Waals surface area contributed by atoms with Gasteiger partial charge < -0.3 is 14.6 Å². The van der Waals surface area contributed by atoms with Crippen LogP contribution in [0.15, 0.2) is 18.5 Å². The van der Waals surface area contributed by atoms with E-state index in [1.807, 2.05) is 13.1 Å². The Morgan fingerprint density at radius 2 is 2.43 bits per heavy atom. The molecule has 2 aromatic rings. The summed E-state index contributed by atoms with van der Waals surface area (Å²) in [5, 5.41) is 7.14. The van der Waals surface area contributed by atoms with Crippen LogP contribution >= 0.6 is 0 Å². The molecule has 0 saturated heterocycles. The van der Waals surface area contributed by atoms with Gasteiger partial charge in [-0.3, -0.25) is 4.79 Å². The van der Waals surface area contributed by atoms with Crippen LogP contribution in [0.3, 0.4) is 0 Å². The molecule has 2 aromatic heterocycles. The maximum absolute atomic E-state index is 12.0. The maximum Gasteiger partial charge on any atom is 0.271 e. The van der Waals surface area contributed by atoms with E-state index in [0.717, 1.165) is 31.8 Å². The molecule has 1 N–H and O–H groups in total. The first-order valence-corrected chi connectivity index (χ1v) is 7.20. The number of amides is 1.